The lowest BCUT2D eigenvalue weighted by atomic mass is 9.57. The molecular weight excluding hydrogens is 607 g/mol. The van der Waals surface area contributed by atoms with E-state index in [4.69, 9.17) is 5.73 Å². The largest absolute Gasteiger partial charge is 0.508 e. The van der Waals surface area contributed by atoms with Crippen molar-refractivity contribution in [2.75, 3.05) is 27.2 Å². The average molecular weight is 648 g/mol. The van der Waals surface area contributed by atoms with E-state index >= 15 is 13.2 Å². The van der Waals surface area contributed by atoms with Gasteiger partial charge in [-0.05, 0) is 87.6 Å². The highest BCUT2D eigenvalue weighted by atomic mass is 19.4. The van der Waals surface area contributed by atoms with E-state index in [1.165, 1.54) is 19.0 Å². The van der Waals surface area contributed by atoms with Crippen molar-refractivity contribution in [3.8, 4) is 5.75 Å². The summed E-state index contributed by atoms with van der Waals surface area (Å²) < 4.78 is 45.0. The van der Waals surface area contributed by atoms with Gasteiger partial charge in [0.1, 0.15) is 22.8 Å². The number of benzene rings is 1. The van der Waals surface area contributed by atoms with Crippen LogP contribution in [0.5, 0.6) is 5.75 Å². The van der Waals surface area contributed by atoms with E-state index in [-0.39, 0.29) is 24.1 Å². The second-order valence-electron chi connectivity index (χ2n) is 14.0. The highest BCUT2D eigenvalue weighted by Gasteiger charge is 2.64. The first-order valence-electron chi connectivity index (χ1n) is 15.9. The maximum atomic E-state index is 15.0. The fourth-order valence-electron chi connectivity index (χ4n) is 8.53. The lowest BCUT2D eigenvalue weighted by Crippen LogP contribution is -2.65. The molecule has 5 aliphatic rings. The number of alkyl halides is 3. The summed E-state index contributed by atoms with van der Waals surface area (Å²) in [7, 11) is 2.91. The lowest BCUT2D eigenvalue weighted by Gasteiger charge is -2.50. The standard InChI is InChI=1S/C33H40F3N3O7/c1-38(2)26-20-10-17-9-19-23(27(41)22(17)29(43)32(20,46)30(44)24(28(26)42)31(37)45)21(40)11-18(25(19)33(34,35)36)14-39(13-16-7-8-16)12-15-5-3-4-6-15/h11,15-17,20,26,40-41,44,46H,3-10,12-14H2,1-2H3,(H2,37,45)/t17-,20-,26-,32-/m0/s1. The van der Waals surface area contributed by atoms with Crippen LogP contribution in [-0.4, -0.2) is 86.5 Å². The number of fused-ring (bicyclic) bond motifs is 3. The topological polar surface area (TPSA) is 165 Å². The number of phenolic OH excluding ortho intramolecular Hbond substituents is 1. The number of ketones is 2. The molecule has 10 nitrogen and oxygen atoms in total. The minimum Gasteiger partial charge on any atom is -0.508 e. The van der Waals surface area contributed by atoms with Gasteiger partial charge in [-0.2, -0.15) is 13.2 Å². The van der Waals surface area contributed by atoms with E-state index in [1.54, 1.807) is 0 Å². The first kappa shape index (κ1) is 32.5. The molecule has 6 N–H and O–H groups in total. The van der Waals surface area contributed by atoms with Crippen LogP contribution in [0, 0.1) is 23.7 Å². The number of hydrogen-bond acceptors (Lipinski definition) is 9. The average Bonchev–Trinajstić information content (AvgIpc) is 3.60. The number of amides is 1. The molecule has 6 rings (SSSR count). The van der Waals surface area contributed by atoms with Gasteiger partial charge >= 0.3 is 6.18 Å². The first-order chi connectivity index (χ1) is 21.5. The quantitative estimate of drug-likeness (QED) is 0.266. The van der Waals surface area contributed by atoms with Crippen LogP contribution in [0.2, 0.25) is 0 Å². The predicted molar refractivity (Wildman–Crippen MR) is 159 cm³/mol. The van der Waals surface area contributed by atoms with Gasteiger partial charge in [-0.15, -0.1) is 0 Å². The third-order valence-corrected chi connectivity index (χ3v) is 10.7. The van der Waals surface area contributed by atoms with Crippen molar-refractivity contribution in [1.29, 1.82) is 0 Å². The number of phenols is 1. The molecular formula is C33H40F3N3O7. The van der Waals surface area contributed by atoms with Crippen LogP contribution >= 0.6 is 0 Å². The molecule has 1 aromatic carbocycles. The molecule has 0 spiro atoms. The Morgan fingerprint density at radius 1 is 1.04 bits per heavy atom. The van der Waals surface area contributed by atoms with Crippen molar-refractivity contribution in [2.45, 2.75) is 75.7 Å². The molecule has 0 bridgehead atoms. The van der Waals surface area contributed by atoms with Crippen LogP contribution in [0.25, 0.3) is 5.76 Å². The minimum atomic E-state index is -4.87. The molecule has 4 atom stereocenters. The summed E-state index contributed by atoms with van der Waals surface area (Å²) in [6, 6.07) is -0.326. The Morgan fingerprint density at radius 2 is 1.65 bits per heavy atom. The molecule has 0 unspecified atom stereocenters. The first-order valence-corrected chi connectivity index (χ1v) is 15.9. The van der Waals surface area contributed by atoms with Crippen LogP contribution < -0.4 is 5.73 Å². The van der Waals surface area contributed by atoms with E-state index in [1.807, 2.05) is 4.90 Å². The Morgan fingerprint density at radius 3 is 2.20 bits per heavy atom. The van der Waals surface area contributed by atoms with Gasteiger partial charge in [0, 0.05) is 31.1 Å². The SMILES string of the molecule is CN(C)[C@@H]1C(=O)C(C(N)=O)=C(O)[C@@]2(O)C(=O)C3=C(O)c4c(O)cc(CN(CC5CCCC5)CC5CC5)c(C(F)(F)F)c4C[C@H]3C[C@@H]12. The highest BCUT2D eigenvalue weighted by molar-refractivity contribution is 6.24. The number of nitrogens with zero attached hydrogens (tertiary/aromatic N) is 2. The molecule has 0 aliphatic heterocycles. The number of halogens is 3. The number of primary amides is 1. The van der Waals surface area contributed by atoms with Crippen molar-refractivity contribution < 1.29 is 48.0 Å². The zero-order valence-electron chi connectivity index (χ0n) is 25.9. The monoisotopic (exact) mass is 647 g/mol. The molecule has 0 heterocycles. The van der Waals surface area contributed by atoms with E-state index < -0.39 is 93.1 Å². The van der Waals surface area contributed by atoms with Gasteiger partial charge in [0.2, 0.25) is 5.78 Å². The number of Topliss-reactive ketones (excluding diaryl/α,β-unsaturated/α-hetero) is 2. The number of nitrogens with two attached hydrogens (primary N) is 1. The summed E-state index contributed by atoms with van der Waals surface area (Å²) in [5.74, 6) is -8.06. The third-order valence-electron chi connectivity index (χ3n) is 10.7. The van der Waals surface area contributed by atoms with Crippen molar-refractivity contribution in [3.05, 3.63) is 45.2 Å². The zero-order chi connectivity index (χ0) is 33.5. The van der Waals surface area contributed by atoms with Crippen molar-refractivity contribution in [3.63, 3.8) is 0 Å². The van der Waals surface area contributed by atoms with Crippen LogP contribution in [0.4, 0.5) is 13.2 Å². The van der Waals surface area contributed by atoms with Gasteiger partial charge in [-0.3, -0.25) is 24.2 Å². The molecule has 13 heteroatoms. The fourth-order valence-corrected chi connectivity index (χ4v) is 8.53. The van der Waals surface area contributed by atoms with E-state index in [0.717, 1.165) is 44.6 Å². The second-order valence-corrected chi connectivity index (χ2v) is 14.0. The molecule has 1 aromatic rings. The molecule has 3 fully saturated rings. The molecule has 3 saturated carbocycles. The number of aliphatic hydroxyl groups is 3. The maximum absolute atomic E-state index is 15.0. The molecule has 1 amide bonds. The number of likely N-dealkylation sites (N-methyl/N-ethyl adjacent to an activating group) is 1. The number of aliphatic hydroxyl groups excluding tert-OH is 2. The van der Waals surface area contributed by atoms with E-state index in [2.05, 4.69) is 0 Å². The number of carbonyl (C=O) groups excluding carboxylic acids is 3. The second kappa shape index (κ2) is 11.4. The number of carbonyl (C=O) groups is 3. The summed E-state index contributed by atoms with van der Waals surface area (Å²) in [5.41, 5.74) is -0.989. The lowest BCUT2D eigenvalue weighted by molar-refractivity contribution is -0.153. The van der Waals surface area contributed by atoms with Gasteiger partial charge < -0.3 is 26.2 Å². The Labute approximate surface area is 264 Å². The Bertz CT molecular complexity index is 1560. The number of aromatic hydroxyl groups is 1. The molecule has 250 valence electrons. The predicted octanol–water partition coefficient (Wildman–Crippen LogP) is 3.39. The van der Waals surface area contributed by atoms with Crippen molar-refractivity contribution >= 4 is 23.2 Å². The molecule has 5 aliphatic carbocycles. The summed E-state index contributed by atoms with van der Waals surface area (Å²) in [6.07, 6.45) is 0.706. The minimum absolute atomic E-state index is 0.0439. The van der Waals surface area contributed by atoms with E-state index in [0.29, 0.717) is 24.9 Å². The molecule has 0 saturated heterocycles. The maximum Gasteiger partial charge on any atom is 0.417 e. The summed E-state index contributed by atoms with van der Waals surface area (Å²) in [6.45, 7) is 1.27. The smallest absolute Gasteiger partial charge is 0.417 e. The number of hydrogen-bond donors (Lipinski definition) is 5. The normalized spacial score (nSPS) is 28.7. The Kier molecular flexibility index (Phi) is 8.04. The van der Waals surface area contributed by atoms with Crippen LogP contribution in [-0.2, 0) is 33.5 Å². The summed E-state index contributed by atoms with van der Waals surface area (Å²) in [4.78, 5) is 42.9. The third kappa shape index (κ3) is 5.20. The Balaban J connectivity index is 1.47. The van der Waals surface area contributed by atoms with Crippen molar-refractivity contribution in [2.24, 2.45) is 29.4 Å². The summed E-state index contributed by atoms with van der Waals surface area (Å²) >= 11 is 0. The molecule has 46 heavy (non-hydrogen) atoms. The van der Waals surface area contributed by atoms with Gasteiger partial charge in [0.15, 0.2) is 11.4 Å². The fraction of sp³-hybridized carbons (Fsp3) is 0.606. The molecule has 0 radical (unpaired) electrons. The van der Waals surface area contributed by atoms with Crippen molar-refractivity contribution in [1.82, 2.24) is 9.80 Å². The summed E-state index contributed by atoms with van der Waals surface area (Å²) in [5, 5.41) is 45.3. The van der Waals surface area contributed by atoms with Gasteiger partial charge in [-0.1, -0.05) is 12.8 Å². The van der Waals surface area contributed by atoms with Gasteiger partial charge in [0.05, 0.1) is 17.2 Å². The van der Waals surface area contributed by atoms with Gasteiger partial charge in [0.25, 0.3) is 5.91 Å². The van der Waals surface area contributed by atoms with Crippen LogP contribution in [0.3, 0.4) is 0 Å². The highest BCUT2D eigenvalue weighted by Crippen LogP contribution is 2.54. The number of rotatable bonds is 8. The van der Waals surface area contributed by atoms with Crippen LogP contribution in [0.15, 0.2) is 23.0 Å². The molecule has 0 aromatic heterocycles. The van der Waals surface area contributed by atoms with E-state index in [9.17, 15) is 34.8 Å². The zero-order valence-corrected chi connectivity index (χ0v) is 25.9. The van der Waals surface area contributed by atoms with Gasteiger partial charge in [-0.25, -0.2) is 0 Å². The Hall–Kier alpha value is -3.42. The van der Waals surface area contributed by atoms with Crippen LogP contribution in [0.1, 0.15) is 67.2 Å².